The molecule has 86 valence electrons. The van der Waals surface area contributed by atoms with Gasteiger partial charge in [0.15, 0.2) is 0 Å². The van der Waals surface area contributed by atoms with E-state index in [2.05, 4.69) is 79.7 Å². The molecule has 0 nitrogen and oxygen atoms in total. The van der Waals surface area contributed by atoms with E-state index in [1.165, 1.54) is 22.0 Å². The van der Waals surface area contributed by atoms with E-state index in [0.717, 1.165) is 0 Å². The molecule has 2 aromatic rings. The molecule has 0 saturated carbocycles. The molecule has 0 fully saturated rings. The Morgan fingerprint density at radius 1 is 0.833 bits per heavy atom. The average molecular weight is 230 g/mol. The van der Waals surface area contributed by atoms with Gasteiger partial charge >= 0.3 is 0 Å². The van der Waals surface area contributed by atoms with Gasteiger partial charge in [-0.1, -0.05) is 96.1 Å². The average Bonchev–Trinajstić information content (AvgIpc) is 2.40. The largest absolute Gasteiger partial charge is 0.236 e. The Morgan fingerprint density at radius 3 is 2.44 bits per heavy atom. The van der Waals surface area contributed by atoms with Gasteiger partial charge in [0, 0.05) is 0 Å². The summed E-state index contributed by atoms with van der Waals surface area (Å²) < 4.78 is 0. The lowest BCUT2D eigenvalue weighted by Crippen LogP contribution is -2.43. The second-order valence-electron chi connectivity index (χ2n) is 4.78. The number of allylic oxidation sites excluding steroid dienone is 3. The maximum atomic E-state index is 2.28. The summed E-state index contributed by atoms with van der Waals surface area (Å²) in [5.41, 5.74) is 5.39. The van der Waals surface area contributed by atoms with Crippen LogP contribution in [-0.4, -0.2) is 6.71 Å². The van der Waals surface area contributed by atoms with Crippen LogP contribution < -0.4 is 10.9 Å². The maximum Gasteiger partial charge on any atom is 0.236 e. The number of fused-ring (bicyclic) bond motifs is 2. The van der Waals surface area contributed by atoms with Crippen LogP contribution in [0.15, 0.2) is 72.2 Å². The van der Waals surface area contributed by atoms with Crippen LogP contribution in [0.3, 0.4) is 0 Å². The fraction of sp³-hybridized carbons (Fsp3) is 0.0588. The molecule has 0 spiro atoms. The molecule has 0 aromatic heterocycles. The van der Waals surface area contributed by atoms with Crippen molar-refractivity contribution in [2.75, 3.05) is 0 Å². The third kappa shape index (κ3) is 2.04. The van der Waals surface area contributed by atoms with E-state index in [1.54, 1.807) is 0 Å². The van der Waals surface area contributed by atoms with Gasteiger partial charge in [-0.25, -0.2) is 0 Å². The highest BCUT2D eigenvalue weighted by molar-refractivity contribution is 6.90. The fourth-order valence-corrected chi connectivity index (χ4v) is 2.61. The van der Waals surface area contributed by atoms with Crippen LogP contribution in [-0.2, 0) is 0 Å². The Balaban J connectivity index is 2.18. The summed E-state index contributed by atoms with van der Waals surface area (Å²) in [5.74, 6) is 0. The fourth-order valence-electron chi connectivity index (χ4n) is 2.61. The summed E-state index contributed by atoms with van der Waals surface area (Å²) in [7, 11) is 0. The Hall–Kier alpha value is -2.02. The van der Waals surface area contributed by atoms with E-state index in [4.69, 9.17) is 0 Å². The van der Waals surface area contributed by atoms with Gasteiger partial charge in [-0.2, -0.15) is 0 Å². The Kier molecular flexibility index (Phi) is 2.89. The lowest BCUT2D eigenvalue weighted by atomic mass is 9.36. The van der Waals surface area contributed by atoms with Gasteiger partial charge in [0.25, 0.3) is 0 Å². The SMILES string of the molecule is C/C1=C\C=C/c2cccc(c2)B1c1ccccc1. The Morgan fingerprint density at radius 2 is 1.61 bits per heavy atom. The summed E-state index contributed by atoms with van der Waals surface area (Å²) in [5, 5.41) is 0. The summed E-state index contributed by atoms with van der Waals surface area (Å²) in [6.07, 6.45) is 6.52. The predicted octanol–water partition coefficient (Wildman–Crippen LogP) is 2.81. The topological polar surface area (TPSA) is 0 Å². The van der Waals surface area contributed by atoms with Crippen LogP contribution in [0.2, 0.25) is 0 Å². The minimum Gasteiger partial charge on any atom is -0.0939 e. The molecule has 0 radical (unpaired) electrons. The highest BCUT2D eigenvalue weighted by Crippen LogP contribution is 2.10. The maximum absolute atomic E-state index is 2.28. The van der Waals surface area contributed by atoms with Crippen molar-refractivity contribution in [3.63, 3.8) is 0 Å². The van der Waals surface area contributed by atoms with Gasteiger partial charge in [-0.05, 0) is 5.56 Å². The minimum atomic E-state index is 0.371. The lowest BCUT2D eigenvalue weighted by Gasteiger charge is -2.17. The molecule has 0 unspecified atom stereocenters. The van der Waals surface area contributed by atoms with Gasteiger partial charge in [-0.15, -0.1) is 0 Å². The van der Waals surface area contributed by atoms with Crippen molar-refractivity contribution in [2.45, 2.75) is 6.92 Å². The van der Waals surface area contributed by atoms with Gasteiger partial charge in [0.05, 0.1) is 0 Å². The standard InChI is InChI=1S/C17H15B/c1-14-7-5-8-15-9-6-12-17(13-15)18(14)16-10-3-2-4-11-16/h2-13H,1H3/b8-5-,14-7+. The lowest BCUT2D eigenvalue weighted by molar-refractivity contribution is 1.59. The second kappa shape index (κ2) is 4.69. The van der Waals surface area contributed by atoms with E-state index >= 15 is 0 Å². The zero-order chi connectivity index (χ0) is 12.4. The van der Waals surface area contributed by atoms with Crippen molar-refractivity contribution >= 4 is 23.7 Å². The quantitative estimate of drug-likeness (QED) is 0.661. The molecule has 0 N–H and O–H groups in total. The van der Waals surface area contributed by atoms with Crippen LogP contribution in [0, 0.1) is 0 Å². The zero-order valence-corrected chi connectivity index (χ0v) is 10.5. The first-order valence-electron chi connectivity index (χ1n) is 6.34. The second-order valence-corrected chi connectivity index (χ2v) is 4.78. The van der Waals surface area contributed by atoms with Gasteiger partial charge < -0.3 is 0 Å². The molecule has 2 bridgehead atoms. The molecular weight excluding hydrogens is 215 g/mol. The summed E-state index contributed by atoms with van der Waals surface area (Å²) in [6.45, 7) is 2.58. The molecule has 18 heavy (non-hydrogen) atoms. The molecule has 1 heterocycles. The van der Waals surface area contributed by atoms with Crippen molar-refractivity contribution in [3.05, 3.63) is 77.8 Å². The molecule has 0 aliphatic carbocycles. The molecule has 0 atom stereocenters. The van der Waals surface area contributed by atoms with E-state index < -0.39 is 0 Å². The molecule has 3 rings (SSSR count). The first-order chi connectivity index (χ1) is 8.84. The molecular formula is C17H15B. The molecule has 1 aliphatic rings. The molecule has 0 amide bonds. The normalized spacial score (nSPS) is 18.5. The molecule has 1 aliphatic heterocycles. The summed E-state index contributed by atoms with van der Waals surface area (Å²) in [6, 6.07) is 19.5. The predicted molar refractivity (Wildman–Crippen MR) is 80.7 cm³/mol. The van der Waals surface area contributed by atoms with Crippen molar-refractivity contribution in [1.29, 1.82) is 0 Å². The summed E-state index contributed by atoms with van der Waals surface area (Å²) in [4.78, 5) is 0. The highest BCUT2D eigenvalue weighted by atomic mass is 14.0. The van der Waals surface area contributed by atoms with Crippen LogP contribution in [0.1, 0.15) is 12.5 Å². The first kappa shape index (κ1) is 11.1. The Labute approximate surface area is 109 Å². The van der Waals surface area contributed by atoms with E-state index in [-0.39, 0.29) is 0 Å². The Bertz CT molecular complexity index is 609. The highest BCUT2D eigenvalue weighted by Gasteiger charge is 2.21. The van der Waals surface area contributed by atoms with Crippen molar-refractivity contribution in [1.82, 2.24) is 0 Å². The van der Waals surface area contributed by atoms with Crippen LogP contribution >= 0.6 is 0 Å². The van der Waals surface area contributed by atoms with Crippen LogP contribution in [0.5, 0.6) is 0 Å². The summed E-state index contributed by atoms with van der Waals surface area (Å²) >= 11 is 0. The smallest absolute Gasteiger partial charge is 0.0939 e. The van der Waals surface area contributed by atoms with E-state index in [0.29, 0.717) is 6.71 Å². The molecule has 0 saturated heterocycles. The number of hydrogen-bond acceptors (Lipinski definition) is 0. The van der Waals surface area contributed by atoms with Crippen LogP contribution in [0.25, 0.3) is 6.08 Å². The third-order valence-electron chi connectivity index (χ3n) is 3.48. The molecule has 1 heteroatoms. The number of benzene rings is 2. The van der Waals surface area contributed by atoms with Gasteiger partial charge in [0.1, 0.15) is 0 Å². The van der Waals surface area contributed by atoms with Crippen molar-refractivity contribution < 1.29 is 0 Å². The van der Waals surface area contributed by atoms with E-state index in [9.17, 15) is 0 Å². The monoisotopic (exact) mass is 230 g/mol. The third-order valence-corrected chi connectivity index (χ3v) is 3.48. The molecule has 2 aromatic carbocycles. The van der Waals surface area contributed by atoms with Crippen molar-refractivity contribution in [2.24, 2.45) is 0 Å². The number of hydrogen-bond donors (Lipinski definition) is 0. The number of rotatable bonds is 1. The first-order valence-corrected chi connectivity index (χ1v) is 6.34. The zero-order valence-electron chi connectivity index (χ0n) is 10.5. The van der Waals surface area contributed by atoms with Gasteiger partial charge in [-0.3, -0.25) is 0 Å². The van der Waals surface area contributed by atoms with Crippen molar-refractivity contribution in [3.8, 4) is 0 Å². The van der Waals surface area contributed by atoms with E-state index in [1.807, 2.05) is 0 Å². The minimum absolute atomic E-state index is 0.371. The van der Waals surface area contributed by atoms with Crippen LogP contribution in [0.4, 0.5) is 0 Å². The van der Waals surface area contributed by atoms with Gasteiger partial charge in [0.2, 0.25) is 6.71 Å².